The molecule has 2 rings (SSSR count). The SMILES string of the molecule is N#CC(Nc1ccccc1F)c1c(Cl)cccc1Cl. The van der Waals surface area contributed by atoms with Crippen molar-refractivity contribution in [2.24, 2.45) is 0 Å². The summed E-state index contributed by atoms with van der Waals surface area (Å²) in [7, 11) is 0. The zero-order valence-electron chi connectivity index (χ0n) is 9.70. The summed E-state index contributed by atoms with van der Waals surface area (Å²) in [5, 5.41) is 12.7. The normalized spacial score (nSPS) is 11.7. The van der Waals surface area contributed by atoms with Crippen molar-refractivity contribution in [3.05, 3.63) is 63.9 Å². The minimum atomic E-state index is -0.821. The Morgan fingerprint density at radius 2 is 1.68 bits per heavy atom. The van der Waals surface area contributed by atoms with Crippen LogP contribution in [0.15, 0.2) is 42.5 Å². The van der Waals surface area contributed by atoms with Gasteiger partial charge in [-0.15, -0.1) is 0 Å². The molecular formula is C14H9Cl2FN2. The molecule has 0 aliphatic rings. The Balaban J connectivity index is 2.37. The molecule has 2 nitrogen and oxygen atoms in total. The Morgan fingerprint density at radius 1 is 1.05 bits per heavy atom. The van der Waals surface area contributed by atoms with Crippen molar-refractivity contribution < 1.29 is 4.39 Å². The van der Waals surface area contributed by atoms with Crippen molar-refractivity contribution in [2.75, 3.05) is 5.32 Å². The van der Waals surface area contributed by atoms with Crippen LogP contribution >= 0.6 is 23.2 Å². The minimum Gasteiger partial charge on any atom is -0.364 e. The molecule has 2 aromatic carbocycles. The van der Waals surface area contributed by atoms with E-state index in [0.29, 0.717) is 15.6 Å². The van der Waals surface area contributed by atoms with Gasteiger partial charge in [0, 0.05) is 15.6 Å². The highest BCUT2D eigenvalue weighted by Gasteiger charge is 2.18. The monoisotopic (exact) mass is 294 g/mol. The van der Waals surface area contributed by atoms with Crippen molar-refractivity contribution in [1.82, 2.24) is 0 Å². The second-order valence-electron chi connectivity index (χ2n) is 3.82. The Bertz CT molecular complexity index is 617. The number of hydrogen-bond donors (Lipinski definition) is 1. The van der Waals surface area contributed by atoms with Crippen molar-refractivity contribution in [3.63, 3.8) is 0 Å². The Hall–Kier alpha value is -1.76. The maximum atomic E-state index is 13.6. The van der Waals surface area contributed by atoms with Gasteiger partial charge in [-0.3, -0.25) is 0 Å². The Kier molecular flexibility index (Phi) is 4.26. The molecule has 1 atom stereocenters. The highest BCUT2D eigenvalue weighted by Crippen LogP contribution is 2.32. The lowest BCUT2D eigenvalue weighted by Gasteiger charge is -2.16. The number of para-hydroxylation sites is 1. The van der Waals surface area contributed by atoms with Gasteiger partial charge in [0.25, 0.3) is 0 Å². The number of nitriles is 1. The van der Waals surface area contributed by atoms with Gasteiger partial charge in [0.15, 0.2) is 0 Å². The average Bonchev–Trinajstić information content (AvgIpc) is 2.39. The van der Waals surface area contributed by atoms with Gasteiger partial charge >= 0.3 is 0 Å². The summed E-state index contributed by atoms with van der Waals surface area (Å²) in [5.41, 5.74) is 0.668. The fourth-order valence-corrected chi connectivity index (χ4v) is 2.30. The summed E-state index contributed by atoms with van der Waals surface area (Å²) in [4.78, 5) is 0. The van der Waals surface area contributed by atoms with E-state index in [1.54, 1.807) is 36.4 Å². The first kappa shape index (κ1) is 13.7. The number of anilines is 1. The largest absolute Gasteiger partial charge is 0.364 e. The van der Waals surface area contributed by atoms with Gasteiger partial charge in [-0.2, -0.15) is 5.26 Å². The number of benzene rings is 2. The van der Waals surface area contributed by atoms with Crippen LogP contribution in [0, 0.1) is 17.1 Å². The van der Waals surface area contributed by atoms with Crippen LogP contribution in [0.5, 0.6) is 0 Å². The molecule has 1 unspecified atom stereocenters. The summed E-state index contributed by atoms with van der Waals surface area (Å²) in [6, 6.07) is 12.3. The molecule has 0 aliphatic carbocycles. The molecule has 0 heterocycles. The molecule has 0 saturated heterocycles. The van der Waals surface area contributed by atoms with Gasteiger partial charge in [0.05, 0.1) is 11.8 Å². The molecular weight excluding hydrogens is 286 g/mol. The molecule has 0 spiro atoms. The second kappa shape index (κ2) is 5.92. The number of nitrogens with zero attached hydrogens (tertiary/aromatic N) is 1. The van der Waals surface area contributed by atoms with E-state index in [4.69, 9.17) is 23.2 Å². The molecule has 0 bridgehead atoms. The molecule has 2 aromatic rings. The molecule has 0 aromatic heterocycles. The fraction of sp³-hybridized carbons (Fsp3) is 0.0714. The third-order valence-electron chi connectivity index (χ3n) is 2.59. The standard InChI is InChI=1S/C14H9Cl2FN2/c15-9-4-3-5-10(16)14(9)13(8-18)19-12-7-2-1-6-11(12)17/h1-7,13,19H. The van der Waals surface area contributed by atoms with Crippen molar-refractivity contribution in [3.8, 4) is 6.07 Å². The number of rotatable bonds is 3. The lowest BCUT2D eigenvalue weighted by Crippen LogP contribution is -2.10. The first-order valence-electron chi connectivity index (χ1n) is 5.48. The molecule has 5 heteroatoms. The third kappa shape index (κ3) is 2.98. The Morgan fingerprint density at radius 3 is 2.26 bits per heavy atom. The molecule has 0 saturated carbocycles. The predicted octanol–water partition coefficient (Wildman–Crippen LogP) is 4.81. The minimum absolute atomic E-state index is 0.227. The highest BCUT2D eigenvalue weighted by molar-refractivity contribution is 6.36. The first-order valence-corrected chi connectivity index (χ1v) is 6.23. The third-order valence-corrected chi connectivity index (χ3v) is 3.25. The van der Waals surface area contributed by atoms with Crippen LogP contribution < -0.4 is 5.32 Å². The van der Waals surface area contributed by atoms with Gasteiger partial charge in [-0.1, -0.05) is 41.4 Å². The van der Waals surface area contributed by atoms with E-state index in [9.17, 15) is 9.65 Å². The topological polar surface area (TPSA) is 35.8 Å². The van der Waals surface area contributed by atoms with Crippen LogP contribution in [-0.2, 0) is 0 Å². The summed E-state index contributed by atoms with van der Waals surface area (Å²) in [6.07, 6.45) is 0. The Labute approximate surface area is 120 Å². The van der Waals surface area contributed by atoms with Gasteiger partial charge in [-0.25, -0.2) is 4.39 Å². The van der Waals surface area contributed by atoms with Crippen LogP contribution in [0.2, 0.25) is 10.0 Å². The molecule has 0 fully saturated rings. The van der Waals surface area contributed by atoms with Crippen molar-refractivity contribution >= 4 is 28.9 Å². The van der Waals surface area contributed by atoms with Crippen LogP contribution in [-0.4, -0.2) is 0 Å². The summed E-state index contributed by atoms with van der Waals surface area (Å²) in [6.45, 7) is 0. The quantitative estimate of drug-likeness (QED) is 0.882. The fourth-order valence-electron chi connectivity index (χ4n) is 1.69. The number of nitrogens with one attached hydrogen (secondary N) is 1. The van der Waals surface area contributed by atoms with E-state index in [2.05, 4.69) is 5.32 Å². The van der Waals surface area contributed by atoms with Gasteiger partial charge in [-0.05, 0) is 24.3 Å². The van der Waals surface area contributed by atoms with Crippen molar-refractivity contribution in [2.45, 2.75) is 6.04 Å². The van der Waals surface area contributed by atoms with Gasteiger partial charge < -0.3 is 5.32 Å². The van der Waals surface area contributed by atoms with E-state index in [1.807, 2.05) is 6.07 Å². The molecule has 1 N–H and O–H groups in total. The maximum absolute atomic E-state index is 13.6. The molecule has 0 radical (unpaired) electrons. The molecule has 0 amide bonds. The number of hydrogen-bond acceptors (Lipinski definition) is 2. The van der Waals surface area contributed by atoms with Gasteiger partial charge in [0.1, 0.15) is 11.9 Å². The molecule has 0 aliphatic heterocycles. The molecule has 19 heavy (non-hydrogen) atoms. The average molecular weight is 295 g/mol. The summed E-state index contributed by atoms with van der Waals surface area (Å²) in [5.74, 6) is -0.439. The maximum Gasteiger partial charge on any atom is 0.146 e. The van der Waals surface area contributed by atoms with E-state index in [0.717, 1.165) is 0 Å². The number of halogens is 3. The summed E-state index contributed by atoms with van der Waals surface area (Å²) < 4.78 is 13.6. The predicted molar refractivity (Wildman–Crippen MR) is 74.8 cm³/mol. The summed E-state index contributed by atoms with van der Waals surface area (Å²) >= 11 is 12.1. The highest BCUT2D eigenvalue weighted by atomic mass is 35.5. The lowest BCUT2D eigenvalue weighted by atomic mass is 10.1. The van der Waals surface area contributed by atoms with Crippen LogP contribution in [0.1, 0.15) is 11.6 Å². The molecule has 96 valence electrons. The van der Waals surface area contributed by atoms with E-state index in [1.165, 1.54) is 6.07 Å². The van der Waals surface area contributed by atoms with Crippen LogP contribution in [0.25, 0.3) is 0 Å². The van der Waals surface area contributed by atoms with Crippen LogP contribution in [0.3, 0.4) is 0 Å². The van der Waals surface area contributed by atoms with Crippen molar-refractivity contribution in [1.29, 1.82) is 5.26 Å². The smallest absolute Gasteiger partial charge is 0.146 e. The van der Waals surface area contributed by atoms with Crippen LogP contribution in [0.4, 0.5) is 10.1 Å². The van der Waals surface area contributed by atoms with E-state index < -0.39 is 11.9 Å². The second-order valence-corrected chi connectivity index (χ2v) is 4.64. The zero-order valence-corrected chi connectivity index (χ0v) is 11.2. The van der Waals surface area contributed by atoms with E-state index in [-0.39, 0.29) is 5.69 Å². The first-order chi connectivity index (χ1) is 9.13. The lowest BCUT2D eigenvalue weighted by molar-refractivity contribution is 0.629. The van der Waals surface area contributed by atoms with Gasteiger partial charge in [0.2, 0.25) is 0 Å². The zero-order chi connectivity index (χ0) is 13.8. The van der Waals surface area contributed by atoms with E-state index >= 15 is 0 Å².